The molecule has 128 valence electrons. The number of nitrogens with one attached hydrogen (secondary N) is 1. The molecule has 3 rings (SSSR count). The Morgan fingerprint density at radius 1 is 1.46 bits per heavy atom. The van der Waals surface area contributed by atoms with E-state index in [0.29, 0.717) is 15.1 Å². The SMILES string of the molecule is CCCN1c2ccc(/C=C3\SC(=S)NC3=O)cc2C(C)CC1(C)C. The number of thioether (sulfide) groups is 1. The van der Waals surface area contributed by atoms with Gasteiger partial charge in [-0.1, -0.05) is 43.9 Å². The molecule has 5 heteroatoms. The van der Waals surface area contributed by atoms with E-state index in [-0.39, 0.29) is 11.4 Å². The first-order chi connectivity index (χ1) is 11.3. The van der Waals surface area contributed by atoms with E-state index >= 15 is 0 Å². The van der Waals surface area contributed by atoms with Crippen LogP contribution in [0.5, 0.6) is 0 Å². The largest absolute Gasteiger partial charge is 0.366 e. The first-order valence-electron chi connectivity index (χ1n) is 8.48. The summed E-state index contributed by atoms with van der Waals surface area (Å²) in [6.45, 7) is 10.3. The summed E-state index contributed by atoms with van der Waals surface area (Å²) in [6, 6.07) is 6.56. The standard InChI is InChI=1S/C19H24N2OS2/c1-5-8-21-15-7-6-13(10-16-17(22)20-18(23)24-16)9-14(15)12(2)11-19(21,3)4/h6-7,9-10,12H,5,8,11H2,1-4H3,(H,20,22,23)/b16-10-. The molecule has 2 aliphatic rings. The highest BCUT2D eigenvalue weighted by molar-refractivity contribution is 8.26. The Labute approximate surface area is 153 Å². The monoisotopic (exact) mass is 360 g/mol. The summed E-state index contributed by atoms with van der Waals surface area (Å²) in [5.41, 5.74) is 3.96. The number of rotatable bonds is 3. The molecule has 1 aromatic carbocycles. The van der Waals surface area contributed by atoms with Crippen molar-refractivity contribution in [3.8, 4) is 0 Å². The van der Waals surface area contributed by atoms with Gasteiger partial charge in [-0.25, -0.2) is 0 Å². The van der Waals surface area contributed by atoms with Crippen molar-refractivity contribution in [3.63, 3.8) is 0 Å². The predicted octanol–water partition coefficient (Wildman–Crippen LogP) is 4.68. The zero-order chi connectivity index (χ0) is 17.5. The highest BCUT2D eigenvalue weighted by Gasteiger charge is 2.35. The molecule has 0 saturated carbocycles. The van der Waals surface area contributed by atoms with Gasteiger partial charge in [-0.2, -0.15) is 0 Å². The van der Waals surface area contributed by atoms with E-state index in [9.17, 15) is 4.79 Å². The number of carbonyl (C=O) groups is 1. The van der Waals surface area contributed by atoms with Crippen molar-refractivity contribution in [3.05, 3.63) is 34.2 Å². The molecule has 1 N–H and O–H groups in total. The van der Waals surface area contributed by atoms with Gasteiger partial charge in [0.15, 0.2) is 0 Å². The van der Waals surface area contributed by atoms with Crippen molar-refractivity contribution in [1.29, 1.82) is 0 Å². The van der Waals surface area contributed by atoms with Gasteiger partial charge >= 0.3 is 0 Å². The minimum atomic E-state index is -0.0930. The van der Waals surface area contributed by atoms with Gasteiger partial charge in [0.1, 0.15) is 4.32 Å². The fourth-order valence-corrected chi connectivity index (χ4v) is 4.86. The van der Waals surface area contributed by atoms with Gasteiger partial charge in [0.25, 0.3) is 5.91 Å². The molecule has 1 aromatic rings. The second-order valence-corrected chi connectivity index (χ2v) is 8.96. The van der Waals surface area contributed by atoms with E-state index in [4.69, 9.17) is 12.2 Å². The smallest absolute Gasteiger partial charge is 0.263 e. The molecule has 0 spiro atoms. The van der Waals surface area contributed by atoms with Crippen molar-refractivity contribution in [2.24, 2.45) is 0 Å². The average molecular weight is 361 g/mol. The molecule has 1 atom stereocenters. The predicted molar refractivity (Wildman–Crippen MR) is 107 cm³/mol. The van der Waals surface area contributed by atoms with Crippen LogP contribution in [0, 0.1) is 0 Å². The average Bonchev–Trinajstić information content (AvgIpc) is 2.81. The van der Waals surface area contributed by atoms with Crippen molar-refractivity contribution in [1.82, 2.24) is 5.32 Å². The fourth-order valence-electron chi connectivity index (χ4n) is 3.82. The van der Waals surface area contributed by atoms with E-state index in [1.807, 2.05) is 6.08 Å². The van der Waals surface area contributed by atoms with Crippen molar-refractivity contribution in [2.75, 3.05) is 11.4 Å². The highest BCUT2D eigenvalue weighted by Crippen LogP contribution is 2.44. The molecule has 1 unspecified atom stereocenters. The molecule has 3 nitrogen and oxygen atoms in total. The third-order valence-corrected chi connectivity index (χ3v) is 5.96. The molecule has 0 radical (unpaired) electrons. The number of amides is 1. The number of anilines is 1. The normalized spacial score (nSPS) is 24.2. The van der Waals surface area contributed by atoms with E-state index in [1.54, 1.807) is 0 Å². The van der Waals surface area contributed by atoms with E-state index < -0.39 is 0 Å². The molecule has 1 fully saturated rings. The number of fused-ring (bicyclic) bond motifs is 1. The van der Waals surface area contributed by atoms with Crippen LogP contribution in [-0.2, 0) is 4.79 Å². The first kappa shape index (κ1) is 17.5. The lowest BCUT2D eigenvalue weighted by Crippen LogP contribution is -2.48. The van der Waals surface area contributed by atoms with Gasteiger partial charge < -0.3 is 10.2 Å². The Hall–Kier alpha value is -1.33. The zero-order valence-electron chi connectivity index (χ0n) is 14.7. The number of carbonyl (C=O) groups excluding carboxylic acids is 1. The molecule has 24 heavy (non-hydrogen) atoms. The van der Waals surface area contributed by atoms with E-state index in [0.717, 1.165) is 24.9 Å². The molecular formula is C19H24N2OS2. The minimum Gasteiger partial charge on any atom is -0.366 e. The van der Waals surface area contributed by atoms with Crippen LogP contribution in [-0.4, -0.2) is 22.3 Å². The van der Waals surface area contributed by atoms with Gasteiger partial charge in [-0.05, 0) is 61.9 Å². The molecule has 2 aliphatic heterocycles. The van der Waals surface area contributed by atoms with Gasteiger partial charge in [0.2, 0.25) is 0 Å². The molecule has 2 heterocycles. The summed E-state index contributed by atoms with van der Waals surface area (Å²) in [7, 11) is 0. The third kappa shape index (κ3) is 3.24. The van der Waals surface area contributed by atoms with Gasteiger partial charge in [-0.3, -0.25) is 4.79 Å². The fraction of sp³-hybridized carbons (Fsp3) is 0.474. The summed E-state index contributed by atoms with van der Waals surface area (Å²) < 4.78 is 0.536. The van der Waals surface area contributed by atoms with Crippen LogP contribution in [0.2, 0.25) is 0 Å². The summed E-state index contributed by atoms with van der Waals surface area (Å²) in [5, 5.41) is 2.67. The lowest BCUT2D eigenvalue weighted by Gasteiger charge is -2.47. The first-order valence-corrected chi connectivity index (χ1v) is 9.71. The molecule has 0 aromatic heterocycles. The number of thiocarbonyl (C=S) groups is 1. The van der Waals surface area contributed by atoms with Crippen LogP contribution in [0.25, 0.3) is 6.08 Å². The van der Waals surface area contributed by atoms with Crippen molar-refractivity contribution >= 4 is 46.0 Å². The number of hydrogen-bond donors (Lipinski definition) is 1. The second-order valence-electron chi connectivity index (χ2n) is 7.24. The Balaban J connectivity index is 1.99. The van der Waals surface area contributed by atoms with Gasteiger partial charge in [0, 0.05) is 17.8 Å². The van der Waals surface area contributed by atoms with Gasteiger partial charge in [-0.15, -0.1) is 0 Å². The maximum absolute atomic E-state index is 11.9. The van der Waals surface area contributed by atoms with E-state index in [2.05, 4.69) is 56.1 Å². The summed E-state index contributed by atoms with van der Waals surface area (Å²) >= 11 is 6.40. The number of nitrogens with zero attached hydrogens (tertiary/aromatic N) is 1. The Bertz CT molecular complexity index is 724. The molecule has 1 amide bonds. The summed E-state index contributed by atoms with van der Waals surface area (Å²) in [5.74, 6) is 0.414. The number of hydrogen-bond acceptors (Lipinski definition) is 4. The summed E-state index contributed by atoms with van der Waals surface area (Å²) in [6.07, 6.45) is 4.22. The Morgan fingerprint density at radius 2 is 2.21 bits per heavy atom. The van der Waals surface area contributed by atoms with Crippen LogP contribution >= 0.6 is 24.0 Å². The van der Waals surface area contributed by atoms with Crippen molar-refractivity contribution in [2.45, 2.75) is 52.0 Å². The lowest BCUT2D eigenvalue weighted by molar-refractivity contribution is -0.115. The lowest BCUT2D eigenvalue weighted by atomic mass is 9.79. The third-order valence-electron chi connectivity index (χ3n) is 4.80. The topological polar surface area (TPSA) is 32.3 Å². The van der Waals surface area contributed by atoms with E-state index in [1.165, 1.54) is 23.0 Å². The second kappa shape index (κ2) is 6.52. The number of benzene rings is 1. The quantitative estimate of drug-likeness (QED) is 0.627. The summed E-state index contributed by atoms with van der Waals surface area (Å²) in [4.78, 5) is 15.1. The van der Waals surface area contributed by atoms with Crippen LogP contribution < -0.4 is 10.2 Å². The Morgan fingerprint density at radius 3 is 2.83 bits per heavy atom. The Kier molecular flexibility index (Phi) is 4.76. The molecule has 0 aliphatic carbocycles. The molecule has 1 saturated heterocycles. The van der Waals surface area contributed by atoms with Crippen LogP contribution in [0.1, 0.15) is 57.6 Å². The molecule has 0 bridgehead atoms. The zero-order valence-corrected chi connectivity index (χ0v) is 16.3. The van der Waals surface area contributed by atoms with Crippen LogP contribution in [0.4, 0.5) is 5.69 Å². The maximum atomic E-state index is 11.9. The van der Waals surface area contributed by atoms with Gasteiger partial charge in [0.05, 0.1) is 4.91 Å². The highest BCUT2D eigenvalue weighted by atomic mass is 32.2. The van der Waals surface area contributed by atoms with Crippen molar-refractivity contribution < 1.29 is 4.79 Å². The molecular weight excluding hydrogens is 336 g/mol. The van der Waals surface area contributed by atoms with Crippen LogP contribution in [0.15, 0.2) is 23.1 Å². The maximum Gasteiger partial charge on any atom is 0.263 e. The van der Waals surface area contributed by atoms with Crippen LogP contribution in [0.3, 0.4) is 0 Å². The minimum absolute atomic E-state index is 0.0930.